The molecular weight excluding hydrogens is 400 g/mol. The standard InChI is InChI=1S/C32H56O/c1-21(2)24-10-8-23(9-11-24)7-6-22(3)28-14-15-29-27-13-12-25-20-26(33)16-18-31(25,4)30(27)17-19-32(28,29)5/h21-30,33H,6-20H2,1-5H3/t22-,23?,24?,25?,26?,27?,28?,29?,30?,31?,32?/m1/s1. The molecule has 0 heterocycles. The third-order valence-electron chi connectivity index (χ3n) is 13.3. The first-order valence-electron chi connectivity index (χ1n) is 15.4. The zero-order valence-corrected chi connectivity index (χ0v) is 22.8. The van der Waals surface area contributed by atoms with Gasteiger partial charge >= 0.3 is 0 Å². The summed E-state index contributed by atoms with van der Waals surface area (Å²) in [7, 11) is 0. The highest BCUT2D eigenvalue weighted by Crippen LogP contribution is 2.68. The van der Waals surface area contributed by atoms with E-state index >= 15 is 0 Å². The highest BCUT2D eigenvalue weighted by Gasteiger charge is 2.60. The lowest BCUT2D eigenvalue weighted by Crippen LogP contribution is -2.54. The van der Waals surface area contributed by atoms with Crippen molar-refractivity contribution in [2.24, 2.45) is 64.1 Å². The molecule has 0 aromatic rings. The van der Waals surface area contributed by atoms with Gasteiger partial charge in [-0.25, -0.2) is 0 Å². The van der Waals surface area contributed by atoms with Gasteiger partial charge < -0.3 is 5.11 Å². The van der Waals surface area contributed by atoms with Crippen LogP contribution in [0.2, 0.25) is 0 Å². The summed E-state index contributed by atoms with van der Waals surface area (Å²) in [5.41, 5.74) is 1.15. The molecule has 1 heteroatoms. The molecule has 0 saturated heterocycles. The summed E-state index contributed by atoms with van der Waals surface area (Å²) >= 11 is 0. The molecule has 5 rings (SSSR count). The van der Waals surface area contributed by atoms with Crippen LogP contribution < -0.4 is 0 Å². The fraction of sp³-hybridized carbons (Fsp3) is 1.00. The molecule has 1 N–H and O–H groups in total. The molecule has 0 radical (unpaired) electrons. The van der Waals surface area contributed by atoms with Crippen LogP contribution in [0.1, 0.15) is 131 Å². The highest BCUT2D eigenvalue weighted by molar-refractivity contribution is 5.09. The third kappa shape index (κ3) is 4.38. The average Bonchev–Trinajstić information content (AvgIpc) is 3.15. The molecule has 0 aromatic carbocycles. The van der Waals surface area contributed by atoms with Gasteiger partial charge in [0.05, 0.1) is 6.10 Å². The Hall–Kier alpha value is -0.0400. The molecule has 0 aliphatic heterocycles. The van der Waals surface area contributed by atoms with E-state index in [2.05, 4.69) is 34.6 Å². The fourth-order valence-corrected chi connectivity index (χ4v) is 11.1. The number of aliphatic hydroxyl groups is 1. The lowest BCUT2D eigenvalue weighted by molar-refractivity contribution is -0.129. The smallest absolute Gasteiger partial charge is 0.0543 e. The Morgan fingerprint density at radius 2 is 1.45 bits per heavy atom. The van der Waals surface area contributed by atoms with E-state index in [4.69, 9.17) is 0 Å². The first-order valence-corrected chi connectivity index (χ1v) is 15.4. The second-order valence-corrected chi connectivity index (χ2v) is 14.9. The van der Waals surface area contributed by atoms with Crippen LogP contribution in [0.3, 0.4) is 0 Å². The summed E-state index contributed by atoms with van der Waals surface area (Å²) in [6.45, 7) is 12.9. The second-order valence-electron chi connectivity index (χ2n) is 14.9. The number of hydrogen-bond acceptors (Lipinski definition) is 1. The average molecular weight is 457 g/mol. The highest BCUT2D eigenvalue weighted by atomic mass is 16.3. The summed E-state index contributed by atoms with van der Waals surface area (Å²) in [5.74, 6) is 8.57. The lowest BCUT2D eigenvalue weighted by Gasteiger charge is -2.61. The predicted molar refractivity (Wildman–Crippen MR) is 140 cm³/mol. The molecule has 5 fully saturated rings. The van der Waals surface area contributed by atoms with Crippen LogP contribution in [-0.2, 0) is 0 Å². The zero-order chi connectivity index (χ0) is 23.4. The Balaban J connectivity index is 1.19. The maximum absolute atomic E-state index is 10.3. The number of rotatable bonds is 5. The van der Waals surface area contributed by atoms with Crippen molar-refractivity contribution in [3.8, 4) is 0 Å². The molecular formula is C32H56O. The van der Waals surface area contributed by atoms with Gasteiger partial charge in [-0.3, -0.25) is 0 Å². The number of hydrogen-bond donors (Lipinski definition) is 1. The summed E-state index contributed by atoms with van der Waals surface area (Å²) in [6.07, 6.45) is 21.4. The molecule has 0 bridgehead atoms. The van der Waals surface area contributed by atoms with Gasteiger partial charge in [0.2, 0.25) is 0 Å². The molecule has 0 spiro atoms. The minimum absolute atomic E-state index is 0.00869. The number of fused-ring (bicyclic) bond motifs is 5. The van der Waals surface area contributed by atoms with E-state index in [0.29, 0.717) is 10.8 Å². The largest absolute Gasteiger partial charge is 0.393 e. The Morgan fingerprint density at radius 3 is 2.18 bits per heavy atom. The van der Waals surface area contributed by atoms with Crippen LogP contribution in [0.5, 0.6) is 0 Å². The van der Waals surface area contributed by atoms with Crippen molar-refractivity contribution in [2.75, 3.05) is 0 Å². The second kappa shape index (κ2) is 9.44. The van der Waals surface area contributed by atoms with E-state index in [9.17, 15) is 5.11 Å². The van der Waals surface area contributed by atoms with Crippen LogP contribution in [0.15, 0.2) is 0 Å². The van der Waals surface area contributed by atoms with Gasteiger partial charge in [0.25, 0.3) is 0 Å². The van der Waals surface area contributed by atoms with E-state index < -0.39 is 0 Å². The van der Waals surface area contributed by atoms with Gasteiger partial charge in [0, 0.05) is 0 Å². The quantitative estimate of drug-likeness (QED) is 0.438. The monoisotopic (exact) mass is 456 g/mol. The Bertz CT molecular complexity index is 661. The summed E-state index contributed by atoms with van der Waals surface area (Å²) in [6, 6.07) is 0. The van der Waals surface area contributed by atoms with E-state index in [1.165, 1.54) is 83.5 Å². The van der Waals surface area contributed by atoms with E-state index in [1.54, 1.807) is 0 Å². The van der Waals surface area contributed by atoms with Crippen LogP contribution >= 0.6 is 0 Å². The maximum Gasteiger partial charge on any atom is 0.0543 e. The van der Waals surface area contributed by atoms with Gasteiger partial charge in [0.1, 0.15) is 0 Å². The molecule has 5 aliphatic rings. The SMILES string of the molecule is CC(C)C1CCC(CC[C@@H](C)C2CCC3C4CCC5CC(O)CCC5(C)C4CCC32C)CC1. The molecule has 0 aromatic heterocycles. The van der Waals surface area contributed by atoms with Gasteiger partial charge in [-0.15, -0.1) is 0 Å². The first-order chi connectivity index (χ1) is 15.7. The summed E-state index contributed by atoms with van der Waals surface area (Å²) in [4.78, 5) is 0. The zero-order valence-electron chi connectivity index (χ0n) is 22.8. The minimum Gasteiger partial charge on any atom is -0.393 e. The van der Waals surface area contributed by atoms with E-state index in [1.807, 2.05) is 0 Å². The van der Waals surface area contributed by atoms with Gasteiger partial charge in [-0.05, 0) is 135 Å². The van der Waals surface area contributed by atoms with Crippen molar-refractivity contribution in [1.82, 2.24) is 0 Å². The van der Waals surface area contributed by atoms with Crippen molar-refractivity contribution in [2.45, 2.75) is 137 Å². The van der Waals surface area contributed by atoms with Gasteiger partial charge in [-0.1, -0.05) is 60.3 Å². The van der Waals surface area contributed by atoms with Crippen LogP contribution in [0, 0.1) is 64.1 Å². The van der Waals surface area contributed by atoms with Gasteiger partial charge in [-0.2, -0.15) is 0 Å². The van der Waals surface area contributed by atoms with Crippen molar-refractivity contribution < 1.29 is 5.11 Å². The van der Waals surface area contributed by atoms with E-state index in [0.717, 1.165) is 66.1 Å². The molecule has 9 atom stereocenters. The van der Waals surface area contributed by atoms with Crippen molar-refractivity contribution >= 4 is 0 Å². The van der Waals surface area contributed by atoms with Crippen LogP contribution in [0.4, 0.5) is 0 Å². The lowest BCUT2D eigenvalue weighted by atomic mass is 9.44. The van der Waals surface area contributed by atoms with Crippen molar-refractivity contribution in [1.29, 1.82) is 0 Å². The molecule has 5 aliphatic carbocycles. The minimum atomic E-state index is -0.00869. The molecule has 190 valence electrons. The normalized spacial score (nSPS) is 51.0. The van der Waals surface area contributed by atoms with Crippen LogP contribution in [-0.4, -0.2) is 11.2 Å². The summed E-state index contributed by atoms with van der Waals surface area (Å²) < 4.78 is 0. The molecule has 5 saturated carbocycles. The predicted octanol–water partition coefficient (Wildman–Crippen LogP) is 8.88. The molecule has 33 heavy (non-hydrogen) atoms. The van der Waals surface area contributed by atoms with Gasteiger partial charge in [0.15, 0.2) is 0 Å². The van der Waals surface area contributed by atoms with E-state index in [-0.39, 0.29) is 6.10 Å². The molecule has 8 unspecified atom stereocenters. The topological polar surface area (TPSA) is 20.2 Å². The number of aliphatic hydroxyl groups excluding tert-OH is 1. The molecule has 1 nitrogen and oxygen atoms in total. The first kappa shape index (κ1) is 24.6. The van der Waals surface area contributed by atoms with Crippen molar-refractivity contribution in [3.05, 3.63) is 0 Å². The Morgan fingerprint density at radius 1 is 0.758 bits per heavy atom. The Kier molecular flexibility index (Phi) is 7.05. The Labute approximate surface area is 206 Å². The third-order valence-corrected chi connectivity index (χ3v) is 13.3. The fourth-order valence-electron chi connectivity index (χ4n) is 11.1. The summed E-state index contributed by atoms with van der Waals surface area (Å²) in [5, 5.41) is 10.3. The van der Waals surface area contributed by atoms with Crippen molar-refractivity contribution in [3.63, 3.8) is 0 Å². The molecule has 0 amide bonds. The maximum atomic E-state index is 10.3. The van der Waals surface area contributed by atoms with Crippen LogP contribution in [0.25, 0.3) is 0 Å².